The average Bonchev–Trinajstić information content (AvgIpc) is 3.37. The first kappa shape index (κ1) is 24.9. The number of hydrogen-bond donors (Lipinski definition) is 1. The van der Waals surface area contributed by atoms with Crippen LogP contribution in [0.5, 0.6) is 28.7 Å². The minimum atomic E-state index is -0.131. The van der Waals surface area contributed by atoms with E-state index in [1.807, 2.05) is 67.6 Å². The number of fused-ring (bicyclic) bond motifs is 1. The molecule has 3 aromatic carbocycles. The minimum absolute atomic E-state index is 0.131. The van der Waals surface area contributed by atoms with Crippen molar-refractivity contribution >= 4 is 12.1 Å². The van der Waals surface area contributed by atoms with Crippen LogP contribution in [0.25, 0.3) is 0 Å². The van der Waals surface area contributed by atoms with Gasteiger partial charge in [0.1, 0.15) is 12.4 Å². The number of nitrogens with zero attached hydrogens (tertiary/aromatic N) is 1. The maximum absolute atomic E-state index is 12.1. The number of carbonyl (C=O) groups excluding carboxylic acids is 1. The number of amides is 1. The third kappa shape index (κ3) is 6.91. The van der Waals surface area contributed by atoms with Crippen LogP contribution >= 0.6 is 0 Å². The summed E-state index contributed by atoms with van der Waals surface area (Å²) in [5.74, 6) is 3.37. The molecule has 0 radical (unpaired) electrons. The summed E-state index contributed by atoms with van der Waals surface area (Å²) in [7, 11) is 1.64. The van der Waals surface area contributed by atoms with E-state index in [-0.39, 0.29) is 12.7 Å². The van der Waals surface area contributed by atoms with Crippen LogP contribution in [0.2, 0.25) is 0 Å². The van der Waals surface area contributed by atoms with Crippen molar-refractivity contribution in [3.05, 3.63) is 77.4 Å². The van der Waals surface area contributed by atoms with Gasteiger partial charge >= 0.3 is 0 Å². The highest BCUT2D eigenvalue weighted by atomic mass is 16.7. The summed E-state index contributed by atoms with van der Waals surface area (Å²) >= 11 is 0. The number of nitrogens with one attached hydrogen (secondary N) is 1. The lowest BCUT2D eigenvalue weighted by Crippen LogP contribution is -2.17. The molecule has 0 saturated carbocycles. The summed E-state index contributed by atoms with van der Waals surface area (Å²) in [6.45, 7) is 3.00. The van der Waals surface area contributed by atoms with Crippen LogP contribution in [0.3, 0.4) is 0 Å². The van der Waals surface area contributed by atoms with Gasteiger partial charge in [-0.05, 0) is 78.9 Å². The summed E-state index contributed by atoms with van der Waals surface area (Å²) < 4.78 is 27.7. The average molecular weight is 491 g/mol. The lowest BCUT2D eigenvalue weighted by Gasteiger charge is -2.13. The molecule has 4 rings (SSSR count). The van der Waals surface area contributed by atoms with E-state index in [0.29, 0.717) is 31.1 Å². The van der Waals surface area contributed by atoms with Crippen LogP contribution in [-0.4, -0.2) is 32.6 Å². The fraction of sp³-hybridized carbons (Fsp3) is 0.286. The summed E-state index contributed by atoms with van der Waals surface area (Å²) in [5.41, 5.74) is 5.49. The van der Waals surface area contributed by atoms with Crippen LogP contribution in [0.1, 0.15) is 36.5 Å². The second-order valence-electron chi connectivity index (χ2n) is 8.11. The van der Waals surface area contributed by atoms with Gasteiger partial charge in [-0.2, -0.15) is 5.10 Å². The molecule has 0 aromatic heterocycles. The number of ether oxygens (including phenoxy) is 5. The molecule has 0 bridgehead atoms. The van der Waals surface area contributed by atoms with Crippen molar-refractivity contribution in [3.63, 3.8) is 0 Å². The Morgan fingerprint density at radius 1 is 0.972 bits per heavy atom. The number of hydrogen-bond acceptors (Lipinski definition) is 7. The van der Waals surface area contributed by atoms with E-state index >= 15 is 0 Å². The van der Waals surface area contributed by atoms with Crippen molar-refractivity contribution in [2.24, 2.45) is 5.10 Å². The molecule has 36 heavy (non-hydrogen) atoms. The van der Waals surface area contributed by atoms with Gasteiger partial charge < -0.3 is 23.7 Å². The zero-order valence-corrected chi connectivity index (χ0v) is 20.5. The monoisotopic (exact) mass is 490 g/mol. The second kappa shape index (κ2) is 12.5. The van der Waals surface area contributed by atoms with Gasteiger partial charge in [0.05, 0.1) is 19.9 Å². The van der Waals surface area contributed by atoms with Crippen LogP contribution in [-0.2, 0) is 17.8 Å². The van der Waals surface area contributed by atoms with E-state index in [0.717, 1.165) is 46.8 Å². The summed E-state index contributed by atoms with van der Waals surface area (Å²) in [4.78, 5) is 12.1. The van der Waals surface area contributed by atoms with Gasteiger partial charge in [-0.3, -0.25) is 4.79 Å². The van der Waals surface area contributed by atoms with Crippen molar-refractivity contribution < 1.29 is 28.5 Å². The highest BCUT2D eigenvalue weighted by Crippen LogP contribution is 2.34. The fourth-order valence-electron chi connectivity index (χ4n) is 3.66. The zero-order chi connectivity index (χ0) is 25.2. The van der Waals surface area contributed by atoms with Crippen molar-refractivity contribution in [2.45, 2.75) is 32.8 Å². The van der Waals surface area contributed by atoms with Crippen LogP contribution in [0.4, 0.5) is 0 Å². The number of benzene rings is 3. The van der Waals surface area contributed by atoms with Gasteiger partial charge in [0.2, 0.25) is 12.7 Å². The van der Waals surface area contributed by atoms with E-state index in [9.17, 15) is 4.79 Å². The molecule has 1 N–H and O–H groups in total. The predicted molar refractivity (Wildman–Crippen MR) is 136 cm³/mol. The third-order valence-corrected chi connectivity index (χ3v) is 5.53. The molecular weight excluding hydrogens is 460 g/mol. The molecule has 8 nitrogen and oxygen atoms in total. The molecule has 1 amide bonds. The maximum Gasteiger partial charge on any atom is 0.240 e. The topological polar surface area (TPSA) is 87.6 Å². The number of carbonyl (C=O) groups is 1. The quantitative estimate of drug-likeness (QED) is 0.288. The van der Waals surface area contributed by atoms with E-state index < -0.39 is 0 Å². The fourth-order valence-corrected chi connectivity index (χ4v) is 3.66. The van der Waals surface area contributed by atoms with E-state index in [1.165, 1.54) is 0 Å². The number of hydrazone groups is 1. The highest BCUT2D eigenvalue weighted by Gasteiger charge is 2.14. The van der Waals surface area contributed by atoms with Crippen molar-refractivity contribution in [1.29, 1.82) is 0 Å². The Bertz CT molecular complexity index is 1190. The normalized spacial score (nSPS) is 11.9. The SMILES string of the molecule is CCOc1cc(/C=N\NC(=O)CCCc2ccc(OC)cc2)ccc1OCc1ccc2c(c1)OCO2. The molecule has 0 atom stereocenters. The largest absolute Gasteiger partial charge is 0.497 e. The number of rotatable bonds is 12. The van der Waals surface area contributed by atoms with Crippen molar-refractivity contribution in [1.82, 2.24) is 5.43 Å². The maximum atomic E-state index is 12.1. The van der Waals surface area contributed by atoms with Gasteiger partial charge in [-0.25, -0.2) is 5.43 Å². The van der Waals surface area contributed by atoms with Crippen LogP contribution in [0.15, 0.2) is 65.8 Å². The van der Waals surface area contributed by atoms with Gasteiger partial charge in [0.15, 0.2) is 23.0 Å². The van der Waals surface area contributed by atoms with Crippen LogP contribution < -0.4 is 29.1 Å². The third-order valence-electron chi connectivity index (χ3n) is 5.53. The Balaban J connectivity index is 1.26. The Labute approximate surface area is 210 Å². The first-order valence-corrected chi connectivity index (χ1v) is 11.9. The molecule has 0 fully saturated rings. The molecular formula is C28H30N2O6. The summed E-state index contributed by atoms with van der Waals surface area (Å²) in [6.07, 6.45) is 3.52. The van der Waals surface area contributed by atoms with E-state index in [2.05, 4.69) is 10.5 Å². The standard InChI is InChI=1S/C28H30N2O6/c1-3-33-26-15-21(9-13-24(26)34-18-22-10-14-25-27(16-22)36-19-35-25)17-29-30-28(31)6-4-5-20-7-11-23(32-2)12-8-20/h7-17H,3-6,18-19H2,1-2H3,(H,30,31)/b29-17-. The van der Waals surface area contributed by atoms with E-state index in [1.54, 1.807) is 13.3 Å². The molecule has 1 heterocycles. The lowest BCUT2D eigenvalue weighted by atomic mass is 10.1. The van der Waals surface area contributed by atoms with Gasteiger partial charge in [0, 0.05) is 6.42 Å². The molecule has 0 aliphatic carbocycles. The smallest absolute Gasteiger partial charge is 0.240 e. The summed E-state index contributed by atoms with van der Waals surface area (Å²) in [6, 6.07) is 19.1. The van der Waals surface area contributed by atoms with Gasteiger partial charge in [0.25, 0.3) is 0 Å². The Morgan fingerprint density at radius 3 is 2.58 bits per heavy atom. The van der Waals surface area contributed by atoms with Crippen molar-refractivity contribution in [2.75, 3.05) is 20.5 Å². The molecule has 0 saturated heterocycles. The first-order valence-electron chi connectivity index (χ1n) is 11.9. The first-order chi connectivity index (χ1) is 17.6. The van der Waals surface area contributed by atoms with Gasteiger partial charge in [-0.15, -0.1) is 0 Å². The Kier molecular flexibility index (Phi) is 8.64. The van der Waals surface area contributed by atoms with Crippen LogP contribution in [0, 0.1) is 0 Å². The molecule has 0 spiro atoms. The molecule has 188 valence electrons. The highest BCUT2D eigenvalue weighted by molar-refractivity contribution is 5.83. The van der Waals surface area contributed by atoms with Gasteiger partial charge in [-0.1, -0.05) is 18.2 Å². The Hall–Kier alpha value is -4.20. The number of aryl methyl sites for hydroxylation is 1. The van der Waals surface area contributed by atoms with E-state index in [4.69, 9.17) is 23.7 Å². The molecule has 3 aromatic rings. The molecule has 0 unspecified atom stereocenters. The van der Waals surface area contributed by atoms with Crippen molar-refractivity contribution in [3.8, 4) is 28.7 Å². The lowest BCUT2D eigenvalue weighted by molar-refractivity contribution is -0.121. The predicted octanol–water partition coefficient (Wildman–Crippen LogP) is 4.87. The second-order valence-corrected chi connectivity index (χ2v) is 8.11. The molecule has 8 heteroatoms. The molecule has 1 aliphatic heterocycles. The number of methoxy groups -OCH3 is 1. The summed E-state index contributed by atoms with van der Waals surface area (Å²) in [5, 5.41) is 4.08. The molecule has 1 aliphatic rings. The minimum Gasteiger partial charge on any atom is -0.497 e. The zero-order valence-electron chi connectivity index (χ0n) is 20.5. The Morgan fingerprint density at radius 2 is 1.78 bits per heavy atom.